The van der Waals surface area contributed by atoms with Gasteiger partial charge in [-0.05, 0) is 65.7 Å². The Morgan fingerprint density at radius 2 is 2.00 bits per heavy atom. The summed E-state index contributed by atoms with van der Waals surface area (Å²) in [5.74, 6) is 0.00468. The third-order valence-corrected chi connectivity index (χ3v) is 6.56. The fourth-order valence-corrected chi connectivity index (χ4v) is 4.84. The molecule has 182 valence electrons. The molecule has 9 nitrogen and oxygen atoms in total. The van der Waals surface area contributed by atoms with Crippen LogP contribution in [0.1, 0.15) is 29.1 Å². The minimum Gasteiger partial charge on any atom is -0.618 e. The number of nitrogens with zero attached hydrogens (tertiary/aromatic N) is 6. The van der Waals surface area contributed by atoms with Gasteiger partial charge < -0.3 is 15.3 Å². The lowest BCUT2D eigenvalue weighted by Crippen LogP contribution is -2.42. The molecule has 1 aliphatic rings. The molecule has 0 saturated carbocycles. The highest BCUT2D eigenvalue weighted by molar-refractivity contribution is 6.31. The van der Waals surface area contributed by atoms with Gasteiger partial charge in [-0.1, -0.05) is 11.6 Å². The Hall–Kier alpha value is -4.03. The zero-order valence-corrected chi connectivity index (χ0v) is 18.9. The summed E-state index contributed by atoms with van der Waals surface area (Å²) >= 11 is 6.22. The molecular formula is C23H15ClF3N7O2. The zero-order chi connectivity index (χ0) is 25.2. The molecule has 0 fully saturated rings. The van der Waals surface area contributed by atoms with Crippen LogP contribution in [0.2, 0.25) is 5.02 Å². The number of aromatic amines is 1. The quantitative estimate of drug-likeness (QED) is 0.280. The lowest BCUT2D eigenvalue weighted by atomic mass is 9.98. The summed E-state index contributed by atoms with van der Waals surface area (Å²) in [5.41, 5.74) is 0.0699. The number of alkyl halides is 3. The van der Waals surface area contributed by atoms with E-state index in [4.69, 9.17) is 11.6 Å². The number of aryl methyl sites for hydroxylation is 1. The number of aliphatic hydroxyl groups is 1. The number of hydrogen-bond donors (Lipinski definition) is 2. The number of rotatable bonds is 3. The maximum atomic E-state index is 13.3. The minimum atomic E-state index is -4.52. The van der Waals surface area contributed by atoms with Crippen LogP contribution in [0.4, 0.5) is 13.2 Å². The highest BCUT2D eigenvalue weighted by Gasteiger charge is 2.48. The van der Waals surface area contributed by atoms with E-state index in [1.165, 1.54) is 23.3 Å². The van der Waals surface area contributed by atoms with Crippen molar-refractivity contribution in [2.45, 2.75) is 24.6 Å². The first-order valence-corrected chi connectivity index (χ1v) is 11.1. The molecule has 6 rings (SSSR count). The molecule has 5 aromatic rings. The standard InChI is InChI=1S/C23H15ClF3N7O2/c24-15-2-4-19(33-11-28-31-32-33)16(9-15)13-7-12-5-6-22(35,20(12)34(36)10-13)21-29-17-3-1-14(23(25,26)27)8-18(17)30-21/h1-4,7-11,35H,5-6H2,(H,29,30). The fourth-order valence-electron chi connectivity index (χ4n) is 4.67. The van der Waals surface area contributed by atoms with E-state index in [1.54, 1.807) is 24.3 Å². The third kappa shape index (κ3) is 3.48. The first-order chi connectivity index (χ1) is 17.1. The van der Waals surface area contributed by atoms with Crippen molar-refractivity contribution in [2.24, 2.45) is 0 Å². The molecule has 0 saturated heterocycles. The predicted molar refractivity (Wildman–Crippen MR) is 121 cm³/mol. The highest BCUT2D eigenvalue weighted by Crippen LogP contribution is 2.42. The van der Waals surface area contributed by atoms with E-state index in [-0.39, 0.29) is 29.0 Å². The summed E-state index contributed by atoms with van der Waals surface area (Å²) in [6.45, 7) is 0. The van der Waals surface area contributed by atoms with Crippen LogP contribution in [0.15, 0.2) is 55.0 Å². The first kappa shape index (κ1) is 22.4. The fraction of sp³-hybridized carbons (Fsp3) is 0.174. The molecule has 36 heavy (non-hydrogen) atoms. The Morgan fingerprint density at radius 3 is 2.75 bits per heavy atom. The third-order valence-electron chi connectivity index (χ3n) is 6.32. The molecule has 13 heteroatoms. The van der Waals surface area contributed by atoms with Gasteiger partial charge in [-0.3, -0.25) is 0 Å². The maximum absolute atomic E-state index is 13.3. The van der Waals surface area contributed by atoms with E-state index in [1.807, 2.05) is 0 Å². The number of nitrogens with one attached hydrogen (secondary N) is 1. The number of pyridine rings is 1. The molecule has 0 aliphatic heterocycles. The molecule has 1 unspecified atom stereocenters. The van der Waals surface area contributed by atoms with Crippen molar-refractivity contribution in [3.05, 3.63) is 87.9 Å². The van der Waals surface area contributed by atoms with E-state index < -0.39 is 17.3 Å². The molecule has 3 heterocycles. The van der Waals surface area contributed by atoms with E-state index in [0.717, 1.165) is 12.1 Å². The average molecular weight is 514 g/mol. The molecule has 0 amide bonds. The van der Waals surface area contributed by atoms with Crippen LogP contribution < -0.4 is 4.73 Å². The van der Waals surface area contributed by atoms with Crippen LogP contribution in [-0.2, 0) is 18.2 Å². The zero-order valence-electron chi connectivity index (χ0n) is 18.2. The number of tetrazole rings is 1. The molecule has 2 N–H and O–H groups in total. The number of fused-ring (bicyclic) bond motifs is 2. The van der Waals surface area contributed by atoms with Gasteiger partial charge in [0.25, 0.3) is 0 Å². The summed E-state index contributed by atoms with van der Waals surface area (Å²) in [6.07, 6.45) is -1.34. The van der Waals surface area contributed by atoms with Gasteiger partial charge in [0.15, 0.2) is 12.0 Å². The summed E-state index contributed by atoms with van der Waals surface area (Å²) in [7, 11) is 0. The Morgan fingerprint density at radius 1 is 1.17 bits per heavy atom. The number of benzene rings is 2. The monoisotopic (exact) mass is 513 g/mol. The molecule has 1 atom stereocenters. The lowest BCUT2D eigenvalue weighted by Gasteiger charge is -2.20. The van der Waals surface area contributed by atoms with Gasteiger partial charge in [-0.2, -0.15) is 22.6 Å². The highest BCUT2D eigenvalue weighted by atomic mass is 35.5. The van der Waals surface area contributed by atoms with Gasteiger partial charge in [0.1, 0.15) is 6.33 Å². The van der Waals surface area contributed by atoms with Gasteiger partial charge in [0, 0.05) is 21.7 Å². The maximum Gasteiger partial charge on any atom is 0.416 e. The Labute approximate surface area is 205 Å². The van der Waals surface area contributed by atoms with E-state index in [0.29, 0.717) is 38.6 Å². The molecule has 0 radical (unpaired) electrons. The van der Waals surface area contributed by atoms with E-state index in [2.05, 4.69) is 25.5 Å². The minimum absolute atomic E-state index is 0.00468. The second-order valence-electron chi connectivity index (χ2n) is 8.52. The van der Waals surface area contributed by atoms with Crippen molar-refractivity contribution in [2.75, 3.05) is 0 Å². The van der Waals surface area contributed by atoms with Crippen molar-refractivity contribution < 1.29 is 23.0 Å². The number of hydrogen-bond acceptors (Lipinski definition) is 6. The molecular weight excluding hydrogens is 499 g/mol. The molecule has 1 aliphatic carbocycles. The van der Waals surface area contributed by atoms with Crippen LogP contribution in [0.25, 0.3) is 27.8 Å². The number of H-pyrrole nitrogens is 1. The second-order valence-corrected chi connectivity index (χ2v) is 8.96. The van der Waals surface area contributed by atoms with Gasteiger partial charge in [-0.25, -0.2) is 4.98 Å². The lowest BCUT2D eigenvalue weighted by molar-refractivity contribution is -0.620. The van der Waals surface area contributed by atoms with Crippen LogP contribution in [0.3, 0.4) is 0 Å². The number of halogens is 4. The smallest absolute Gasteiger partial charge is 0.416 e. The van der Waals surface area contributed by atoms with Crippen LogP contribution in [-0.4, -0.2) is 35.3 Å². The summed E-state index contributed by atoms with van der Waals surface area (Å²) in [6, 6.07) is 9.92. The van der Waals surface area contributed by atoms with Crippen molar-refractivity contribution in [1.29, 1.82) is 0 Å². The average Bonchev–Trinajstić information content (AvgIpc) is 3.57. The van der Waals surface area contributed by atoms with Crippen LogP contribution in [0, 0.1) is 5.21 Å². The predicted octanol–water partition coefficient (Wildman–Crippen LogP) is 3.69. The van der Waals surface area contributed by atoms with Gasteiger partial charge in [-0.15, -0.1) is 5.10 Å². The molecule has 0 bridgehead atoms. The number of imidazole rings is 1. The summed E-state index contributed by atoms with van der Waals surface area (Å²) in [5, 5.41) is 36.5. The van der Waals surface area contributed by atoms with Crippen LogP contribution >= 0.6 is 11.6 Å². The summed E-state index contributed by atoms with van der Waals surface area (Å²) in [4.78, 5) is 7.09. The molecule has 3 aromatic heterocycles. The van der Waals surface area contributed by atoms with Gasteiger partial charge in [0.2, 0.25) is 11.3 Å². The van der Waals surface area contributed by atoms with E-state index >= 15 is 0 Å². The van der Waals surface area contributed by atoms with Crippen molar-refractivity contribution in [3.63, 3.8) is 0 Å². The van der Waals surface area contributed by atoms with E-state index in [9.17, 15) is 23.5 Å². The van der Waals surface area contributed by atoms with Crippen molar-refractivity contribution in [1.82, 2.24) is 30.2 Å². The van der Waals surface area contributed by atoms with Crippen LogP contribution in [0.5, 0.6) is 0 Å². The van der Waals surface area contributed by atoms with Gasteiger partial charge in [0.05, 0.1) is 22.3 Å². The Balaban J connectivity index is 1.45. The second kappa shape index (κ2) is 7.73. The normalized spacial score (nSPS) is 17.6. The van der Waals surface area contributed by atoms with Gasteiger partial charge >= 0.3 is 6.18 Å². The number of aromatic nitrogens is 7. The molecule has 0 spiro atoms. The summed E-state index contributed by atoms with van der Waals surface area (Å²) < 4.78 is 41.4. The SMILES string of the molecule is [O-][n+]1cc(-c2cc(Cl)ccc2-n2cnnn2)cc2c1C(O)(c1nc3ccc(C(F)(F)F)cc3[nH]1)CC2. The Bertz CT molecular complexity index is 1640. The van der Waals surface area contributed by atoms with Crippen molar-refractivity contribution in [3.8, 4) is 16.8 Å². The largest absolute Gasteiger partial charge is 0.618 e. The van der Waals surface area contributed by atoms with Crippen molar-refractivity contribution >= 4 is 22.6 Å². The first-order valence-electron chi connectivity index (χ1n) is 10.7. The topological polar surface area (TPSA) is 119 Å². The molecule has 2 aromatic carbocycles. The Kier molecular flexibility index (Phi) is 4.82.